The van der Waals surface area contributed by atoms with Crippen LogP contribution in [0.25, 0.3) is 11.3 Å². The van der Waals surface area contributed by atoms with Crippen LogP contribution in [-0.2, 0) is 11.2 Å². The number of methoxy groups -OCH3 is 1. The van der Waals surface area contributed by atoms with Gasteiger partial charge in [-0.3, -0.25) is 4.79 Å². The minimum atomic E-state index is -0.540. The lowest BCUT2D eigenvalue weighted by Gasteiger charge is -2.34. The molecule has 8 nitrogen and oxygen atoms in total. The fourth-order valence-electron chi connectivity index (χ4n) is 4.15. The first-order valence-corrected chi connectivity index (χ1v) is 12.2. The van der Waals surface area contributed by atoms with E-state index in [4.69, 9.17) is 14.2 Å². The largest absolute Gasteiger partial charge is 0.497 e. The zero-order valence-corrected chi connectivity index (χ0v) is 21.2. The van der Waals surface area contributed by atoms with E-state index in [2.05, 4.69) is 10.2 Å². The maximum absolute atomic E-state index is 13.0. The monoisotopic (exact) mass is 491 g/mol. The lowest BCUT2D eigenvalue weighted by Crippen LogP contribution is -2.44. The van der Waals surface area contributed by atoms with E-state index >= 15 is 0 Å². The number of benzene rings is 2. The molecule has 0 bridgehead atoms. The Kier molecular flexibility index (Phi) is 7.62. The predicted octanol–water partition coefficient (Wildman–Crippen LogP) is 4.81. The van der Waals surface area contributed by atoms with Gasteiger partial charge in [-0.15, -0.1) is 0 Å². The SMILES string of the molecule is COc1ccc(Cc2c(OC3CCN(C(=O)OC(C)(C)C)CC3)c(-c3ccccc3)n[nH]c2=O)cc1. The van der Waals surface area contributed by atoms with Gasteiger partial charge in [-0.25, -0.2) is 9.89 Å². The minimum Gasteiger partial charge on any atom is -0.497 e. The topological polar surface area (TPSA) is 93.8 Å². The molecule has 1 saturated heterocycles. The number of aromatic nitrogens is 2. The summed E-state index contributed by atoms with van der Waals surface area (Å²) in [5.41, 5.74) is 2.09. The summed E-state index contributed by atoms with van der Waals surface area (Å²) in [6.07, 6.45) is 1.16. The van der Waals surface area contributed by atoms with Crippen LogP contribution in [-0.4, -0.2) is 53.1 Å². The molecule has 0 unspecified atom stereocenters. The average Bonchev–Trinajstić information content (AvgIpc) is 2.86. The van der Waals surface area contributed by atoms with Crippen LogP contribution in [0, 0.1) is 0 Å². The second-order valence-electron chi connectivity index (χ2n) is 9.88. The third-order valence-electron chi connectivity index (χ3n) is 6.00. The molecule has 8 heteroatoms. The van der Waals surface area contributed by atoms with Crippen molar-refractivity contribution in [1.82, 2.24) is 15.1 Å². The number of H-pyrrole nitrogens is 1. The average molecular weight is 492 g/mol. The molecular formula is C28H33N3O5. The van der Waals surface area contributed by atoms with Crippen molar-refractivity contribution in [2.45, 2.75) is 51.7 Å². The Morgan fingerprint density at radius 1 is 1.06 bits per heavy atom. The number of carbonyl (C=O) groups is 1. The second-order valence-corrected chi connectivity index (χ2v) is 9.88. The molecule has 2 heterocycles. The Balaban J connectivity index is 1.60. The molecule has 1 aliphatic rings. The van der Waals surface area contributed by atoms with Crippen molar-refractivity contribution in [2.75, 3.05) is 20.2 Å². The number of ether oxygens (including phenoxy) is 3. The first-order chi connectivity index (χ1) is 17.2. The van der Waals surface area contributed by atoms with Crippen LogP contribution < -0.4 is 15.0 Å². The third kappa shape index (κ3) is 6.24. The van der Waals surface area contributed by atoms with Crippen LogP contribution in [0.5, 0.6) is 11.5 Å². The number of likely N-dealkylation sites (tertiary alicyclic amines) is 1. The van der Waals surface area contributed by atoms with Crippen molar-refractivity contribution >= 4 is 6.09 Å². The van der Waals surface area contributed by atoms with E-state index in [0.717, 1.165) is 16.9 Å². The number of hydrogen-bond acceptors (Lipinski definition) is 6. The summed E-state index contributed by atoms with van der Waals surface area (Å²) in [7, 11) is 1.62. The Morgan fingerprint density at radius 2 is 1.72 bits per heavy atom. The number of piperidine rings is 1. The first kappa shape index (κ1) is 25.3. The highest BCUT2D eigenvalue weighted by atomic mass is 16.6. The molecular weight excluding hydrogens is 458 g/mol. The molecule has 1 aliphatic heterocycles. The van der Waals surface area contributed by atoms with Gasteiger partial charge in [0, 0.05) is 37.9 Å². The van der Waals surface area contributed by atoms with Gasteiger partial charge < -0.3 is 19.1 Å². The van der Waals surface area contributed by atoms with Crippen molar-refractivity contribution < 1.29 is 19.0 Å². The van der Waals surface area contributed by atoms with Crippen LogP contribution in [0.3, 0.4) is 0 Å². The summed E-state index contributed by atoms with van der Waals surface area (Å²) in [6, 6.07) is 17.3. The highest BCUT2D eigenvalue weighted by molar-refractivity contribution is 5.69. The van der Waals surface area contributed by atoms with Gasteiger partial charge in [0.15, 0.2) is 5.75 Å². The number of nitrogens with one attached hydrogen (secondary N) is 1. The Labute approximate surface area is 211 Å². The zero-order chi connectivity index (χ0) is 25.7. The van der Waals surface area contributed by atoms with Gasteiger partial charge in [-0.2, -0.15) is 5.10 Å². The number of amides is 1. The number of hydrogen-bond donors (Lipinski definition) is 1. The van der Waals surface area contributed by atoms with Gasteiger partial charge in [-0.05, 0) is 38.5 Å². The highest BCUT2D eigenvalue weighted by Crippen LogP contribution is 2.33. The smallest absolute Gasteiger partial charge is 0.410 e. The van der Waals surface area contributed by atoms with E-state index in [-0.39, 0.29) is 17.8 Å². The summed E-state index contributed by atoms with van der Waals surface area (Å²) < 4.78 is 17.3. The quantitative estimate of drug-likeness (QED) is 0.532. The summed E-state index contributed by atoms with van der Waals surface area (Å²) in [5, 5.41) is 7.01. The molecule has 1 N–H and O–H groups in total. The van der Waals surface area contributed by atoms with Gasteiger partial charge in [0.25, 0.3) is 5.56 Å². The van der Waals surface area contributed by atoms with Crippen LogP contribution in [0.4, 0.5) is 4.79 Å². The predicted molar refractivity (Wildman–Crippen MR) is 138 cm³/mol. The first-order valence-electron chi connectivity index (χ1n) is 12.2. The molecule has 0 saturated carbocycles. The van der Waals surface area contributed by atoms with Gasteiger partial charge in [-0.1, -0.05) is 42.5 Å². The number of nitrogens with zero attached hydrogens (tertiary/aromatic N) is 2. The fourth-order valence-corrected chi connectivity index (χ4v) is 4.15. The fraction of sp³-hybridized carbons (Fsp3) is 0.393. The van der Waals surface area contributed by atoms with Gasteiger partial charge in [0.05, 0.1) is 12.7 Å². The second kappa shape index (κ2) is 10.8. The summed E-state index contributed by atoms with van der Waals surface area (Å²) in [4.78, 5) is 27.1. The molecule has 3 aromatic rings. The van der Waals surface area contributed by atoms with E-state index in [0.29, 0.717) is 49.4 Å². The lowest BCUT2D eigenvalue weighted by atomic mass is 10.0. The number of carbonyl (C=O) groups excluding carboxylic acids is 1. The summed E-state index contributed by atoms with van der Waals surface area (Å²) in [5.74, 6) is 1.23. The summed E-state index contributed by atoms with van der Waals surface area (Å²) >= 11 is 0. The molecule has 36 heavy (non-hydrogen) atoms. The van der Waals surface area contributed by atoms with Gasteiger partial charge in [0.1, 0.15) is 23.1 Å². The van der Waals surface area contributed by atoms with E-state index in [1.165, 1.54) is 0 Å². The Hall–Kier alpha value is -3.81. The van der Waals surface area contributed by atoms with Gasteiger partial charge >= 0.3 is 6.09 Å². The molecule has 4 rings (SSSR count). The molecule has 1 fully saturated rings. The minimum absolute atomic E-state index is 0.163. The van der Waals surface area contributed by atoms with E-state index in [1.807, 2.05) is 75.4 Å². The molecule has 0 radical (unpaired) electrons. The van der Waals surface area contributed by atoms with Crippen LogP contribution in [0.1, 0.15) is 44.7 Å². The molecule has 1 amide bonds. The van der Waals surface area contributed by atoms with Crippen molar-refractivity contribution in [3.63, 3.8) is 0 Å². The Bertz CT molecular complexity index is 1220. The van der Waals surface area contributed by atoms with E-state index in [9.17, 15) is 9.59 Å². The maximum Gasteiger partial charge on any atom is 0.410 e. The molecule has 0 aliphatic carbocycles. The van der Waals surface area contributed by atoms with Crippen molar-refractivity contribution in [3.05, 3.63) is 76.1 Å². The van der Waals surface area contributed by atoms with Crippen LogP contribution in [0.2, 0.25) is 0 Å². The molecule has 2 aromatic carbocycles. The standard InChI is InChI=1S/C28H33N3O5/c1-28(2,3)36-27(33)31-16-14-22(15-17-31)35-25-23(18-19-10-12-21(34-4)13-11-19)26(32)30-29-24(25)20-8-6-5-7-9-20/h5-13,22H,14-18H2,1-4H3,(H,30,32). The normalized spacial score (nSPS) is 14.4. The molecule has 190 valence electrons. The van der Waals surface area contributed by atoms with Gasteiger partial charge in [0.2, 0.25) is 0 Å². The highest BCUT2D eigenvalue weighted by Gasteiger charge is 2.29. The van der Waals surface area contributed by atoms with Crippen LogP contribution in [0.15, 0.2) is 59.4 Å². The number of rotatable bonds is 6. The summed E-state index contributed by atoms with van der Waals surface area (Å²) in [6.45, 7) is 6.61. The maximum atomic E-state index is 13.0. The van der Waals surface area contributed by atoms with E-state index < -0.39 is 5.60 Å². The van der Waals surface area contributed by atoms with Crippen molar-refractivity contribution in [2.24, 2.45) is 0 Å². The third-order valence-corrected chi connectivity index (χ3v) is 6.00. The molecule has 0 spiro atoms. The zero-order valence-electron chi connectivity index (χ0n) is 21.2. The Morgan fingerprint density at radius 3 is 2.33 bits per heavy atom. The molecule has 1 aromatic heterocycles. The molecule has 0 atom stereocenters. The van der Waals surface area contributed by atoms with Crippen molar-refractivity contribution in [3.8, 4) is 22.8 Å². The van der Waals surface area contributed by atoms with Crippen molar-refractivity contribution in [1.29, 1.82) is 0 Å². The number of aromatic amines is 1. The van der Waals surface area contributed by atoms with E-state index in [1.54, 1.807) is 12.0 Å². The van der Waals surface area contributed by atoms with Crippen LogP contribution >= 0.6 is 0 Å². The lowest BCUT2D eigenvalue weighted by molar-refractivity contribution is 0.0126.